The molecule has 2 N–H and O–H groups in total. The summed E-state index contributed by atoms with van der Waals surface area (Å²) in [5.74, 6) is 0.781. The van der Waals surface area contributed by atoms with Crippen LogP contribution in [0.3, 0.4) is 0 Å². The molecule has 2 aromatic carbocycles. The lowest BCUT2D eigenvalue weighted by molar-refractivity contribution is 0.102. The smallest absolute Gasteiger partial charge is 0.262 e. The highest BCUT2D eigenvalue weighted by atomic mass is 35.5. The Morgan fingerprint density at radius 2 is 1.86 bits per heavy atom. The number of likely N-dealkylation sites (tertiary alicyclic amines) is 1. The standard InChI is InChI=1S/C25H27Cl2N5O3/c1-15-13-16(7-8-21(15)35-17-9-11-32(2)12-10-17)29-25-28-14-18(24(31-25)34-3)23(33)30-22-19(26)5-4-6-20(22)27/h4-8,13-14,17H,9-12H2,1-3H3,(H,30,33)(H,28,29,31). The minimum atomic E-state index is -0.491. The third kappa shape index (κ3) is 6.14. The molecule has 2 heterocycles. The Morgan fingerprint density at radius 1 is 1.14 bits per heavy atom. The highest BCUT2D eigenvalue weighted by molar-refractivity contribution is 6.40. The van der Waals surface area contributed by atoms with E-state index < -0.39 is 5.91 Å². The molecule has 4 rings (SSSR count). The minimum Gasteiger partial charge on any atom is -0.490 e. The van der Waals surface area contributed by atoms with Crippen LogP contribution < -0.4 is 20.1 Å². The first-order chi connectivity index (χ1) is 16.8. The molecule has 1 amide bonds. The summed E-state index contributed by atoms with van der Waals surface area (Å²) in [6, 6.07) is 10.8. The molecule has 184 valence electrons. The third-order valence-corrected chi connectivity index (χ3v) is 6.41. The molecule has 1 saturated heterocycles. The zero-order valence-corrected chi connectivity index (χ0v) is 21.3. The Labute approximate surface area is 214 Å². The number of hydrogen-bond donors (Lipinski definition) is 2. The SMILES string of the molecule is COc1nc(Nc2ccc(OC3CCN(C)CC3)c(C)c2)ncc1C(=O)Nc1c(Cl)cccc1Cl. The maximum absolute atomic E-state index is 12.8. The van der Waals surface area contributed by atoms with E-state index in [9.17, 15) is 4.79 Å². The molecule has 1 fully saturated rings. The van der Waals surface area contributed by atoms with Crippen molar-refractivity contribution in [2.45, 2.75) is 25.9 Å². The van der Waals surface area contributed by atoms with Gasteiger partial charge in [-0.2, -0.15) is 4.98 Å². The molecule has 10 heteroatoms. The number of nitrogens with zero attached hydrogens (tertiary/aromatic N) is 3. The van der Waals surface area contributed by atoms with Crippen molar-refractivity contribution >= 4 is 46.4 Å². The van der Waals surface area contributed by atoms with Gasteiger partial charge in [0.25, 0.3) is 5.91 Å². The molecule has 0 saturated carbocycles. The molecule has 0 bridgehead atoms. The number of rotatable bonds is 7. The molecule has 35 heavy (non-hydrogen) atoms. The second-order valence-corrected chi connectivity index (χ2v) is 9.21. The zero-order valence-electron chi connectivity index (χ0n) is 19.8. The fraction of sp³-hybridized carbons (Fsp3) is 0.320. The number of ether oxygens (including phenoxy) is 2. The van der Waals surface area contributed by atoms with Gasteiger partial charge in [0.15, 0.2) is 0 Å². The number of amides is 1. The van der Waals surface area contributed by atoms with Crippen molar-refractivity contribution in [1.29, 1.82) is 0 Å². The minimum absolute atomic E-state index is 0.113. The molecule has 0 aliphatic carbocycles. The van der Waals surface area contributed by atoms with E-state index in [2.05, 4.69) is 32.5 Å². The van der Waals surface area contributed by atoms with Crippen molar-refractivity contribution in [1.82, 2.24) is 14.9 Å². The highest BCUT2D eigenvalue weighted by Crippen LogP contribution is 2.31. The summed E-state index contributed by atoms with van der Waals surface area (Å²) in [5, 5.41) is 6.48. The molecule has 1 aliphatic rings. The monoisotopic (exact) mass is 515 g/mol. The lowest BCUT2D eigenvalue weighted by Crippen LogP contribution is -2.35. The summed E-state index contributed by atoms with van der Waals surface area (Å²) < 4.78 is 11.6. The number of piperidine rings is 1. The van der Waals surface area contributed by atoms with Gasteiger partial charge >= 0.3 is 0 Å². The van der Waals surface area contributed by atoms with Crippen LogP contribution in [0.15, 0.2) is 42.6 Å². The number of aromatic nitrogens is 2. The Balaban J connectivity index is 1.45. The average Bonchev–Trinajstić information content (AvgIpc) is 2.84. The first-order valence-electron chi connectivity index (χ1n) is 11.2. The van der Waals surface area contributed by atoms with Crippen molar-refractivity contribution < 1.29 is 14.3 Å². The van der Waals surface area contributed by atoms with Gasteiger partial charge in [0.05, 0.1) is 22.8 Å². The lowest BCUT2D eigenvalue weighted by Gasteiger charge is -2.29. The van der Waals surface area contributed by atoms with Crippen molar-refractivity contribution in [3.63, 3.8) is 0 Å². The second-order valence-electron chi connectivity index (χ2n) is 8.39. The lowest BCUT2D eigenvalue weighted by atomic mass is 10.1. The topological polar surface area (TPSA) is 88.6 Å². The first kappa shape index (κ1) is 25.0. The maximum Gasteiger partial charge on any atom is 0.262 e. The predicted octanol–water partition coefficient (Wildman–Crippen LogP) is 5.57. The summed E-state index contributed by atoms with van der Waals surface area (Å²) in [5.41, 5.74) is 2.25. The van der Waals surface area contributed by atoms with Crippen LogP contribution in [-0.2, 0) is 0 Å². The molecule has 0 radical (unpaired) electrons. The van der Waals surface area contributed by atoms with E-state index in [0.29, 0.717) is 15.7 Å². The fourth-order valence-corrected chi connectivity index (χ4v) is 4.30. The Hall–Kier alpha value is -3.07. The van der Waals surface area contributed by atoms with Gasteiger partial charge in [-0.1, -0.05) is 29.3 Å². The Kier molecular flexibility index (Phi) is 7.95. The van der Waals surface area contributed by atoms with Crippen LogP contribution in [0.1, 0.15) is 28.8 Å². The molecule has 0 spiro atoms. The number of carbonyl (C=O) groups is 1. The number of benzene rings is 2. The number of methoxy groups -OCH3 is 1. The van der Waals surface area contributed by atoms with Crippen molar-refractivity contribution in [3.05, 3.63) is 63.8 Å². The zero-order chi connectivity index (χ0) is 24.9. The van der Waals surface area contributed by atoms with E-state index in [0.717, 1.165) is 42.9 Å². The van der Waals surface area contributed by atoms with Gasteiger partial charge in [-0.3, -0.25) is 4.79 Å². The van der Waals surface area contributed by atoms with Gasteiger partial charge in [0.1, 0.15) is 17.4 Å². The van der Waals surface area contributed by atoms with E-state index >= 15 is 0 Å². The number of para-hydroxylation sites is 1. The molecular formula is C25H27Cl2N5O3. The number of aryl methyl sites for hydroxylation is 1. The Bertz CT molecular complexity index is 1200. The van der Waals surface area contributed by atoms with Crippen LogP contribution in [0.25, 0.3) is 0 Å². The quantitative estimate of drug-likeness (QED) is 0.425. The number of anilines is 3. The molecular weight excluding hydrogens is 489 g/mol. The highest BCUT2D eigenvalue weighted by Gasteiger charge is 2.20. The van der Waals surface area contributed by atoms with Gasteiger partial charge < -0.3 is 25.0 Å². The van der Waals surface area contributed by atoms with Crippen LogP contribution in [0.4, 0.5) is 17.3 Å². The Morgan fingerprint density at radius 3 is 2.51 bits per heavy atom. The maximum atomic E-state index is 12.8. The molecule has 1 aliphatic heterocycles. The fourth-order valence-electron chi connectivity index (χ4n) is 3.81. The average molecular weight is 516 g/mol. The number of hydrogen-bond acceptors (Lipinski definition) is 7. The summed E-state index contributed by atoms with van der Waals surface area (Å²) in [6.07, 6.45) is 3.66. The van der Waals surface area contributed by atoms with E-state index in [1.54, 1.807) is 18.2 Å². The van der Waals surface area contributed by atoms with Crippen molar-refractivity contribution in [3.8, 4) is 11.6 Å². The van der Waals surface area contributed by atoms with E-state index in [-0.39, 0.29) is 23.5 Å². The molecule has 0 atom stereocenters. The normalized spacial score (nSPS) is 14.4. The number of carbonyl (C=O) groups excluding carboxylic acids is 1. The predicted molar refractivity (Wildman–Crippen MR) is 139 cm³/mol. The molecule has 1 aromatic heterocycles. The summed E-state index contributed by atoms with van der Waals surface area (Å²) in [6.45, 7) is 4.09. The van der Waals surface area contributed by atoms with E-state index in [1.807, 2.05) is 25.1 Å². The van der Waals surface area contributed by atoms with Gasteiger partial charge in [-0.25, -0.2) is 4.98 Å². The molecule has 8 nitrogen and oxygen atoms in total. The van der Waals surface area contributed by atoms with Crippen molar-refractivity contribution in [2.24, 2.45) is 0 Å². The van der Waals surface area contributed by atoms with Crippen LogP contribution in [0.5, 0.6) is 11.6 Å². The summed E-state index contributed by atoms with van der Waals surface area (Å²) in [7, 11) is 3.57. The third-order valence-electron chi connectivity index (χ3n) is 5.78. The van der Waals surface area contributed by atoms with Crippen LogP contribution in [0.2, 0.25) is 10.0 Å². The van der Waals surface area contributed by atoms with E-state index in [4.69, 9.17) is 32.7 Å². The number of nitrogens with one attached hydrogen (secondary N) is 2. The van der Waals surface area contributed by atoms with Gasteiger partial charge in [0.2, 0.25) is 11.8 Å². The summed E-state index contributed by atoms with van der Waals surface area (Å²) in [4.78, 5) is 23.7. The van der Waals surface area contributed by atoms with Gasteiger partial charge in [0, 0.05) is 25.0 Å². The molecule has 0 unspecified atom stereocenters. The molecule has 3 aromatic rings. The van der Waals surface area contributed by atoms with Crippen molar-refractivity contribution in [2.75, 3.05) is 37.9 Å². The van der Waals surface area contributed by atoms with Gasteiger partial charge in [-0.15, -0.1) is 0 Å². The second kappa shape index (κ2) is 11.1. The number of halogens is 2. The van der Waals surface area contributed by atoms with Crippen LogP contribution in [0, 0.1) is 6.92 Å². The van der Waals surface area contributed by atoms with E-state index in [1.165, 1.54) is 13.3 Å². The van der Waals surface area contributed by atoms with Gasteiger partial charge in [-0.05, 0) is 62.7 Å². The largest absolute Gasteiger partial charge is 0.490 e. The first-order valence-corrected chi connectivity index (χ1v) is 12.0. The van der Waals surface area contributed by atoms with Crippen LogP contribution in [-0.4, -0.2) is 54.1 Å². The van der Waals surface area contributed by atoms with Crippen LogP contribution >= 0.6 is 23.2 Å². The summed E-state index contributed by atoms with van der Waals surface area (Å²) >= 11 is 12.3.